The largest absolute Gasteiger partial charge is 0.497 e. The minimum absolute atomic E-state index is 0.201. The molecule has 0 spiro atoms. The van der Waals surface area contributed by atoms with Gasteiger partial charge in [0, 0.05) is 44.2 Å². The molecule has 4 aromatic rings. The van der Waals surface area contributed by atoms with Crippen molar-refractivity contribution in [3.8, 4) is 22.8 Å². The molecule has 0 unspecified atom stereocenters. The van der Waals surface area contributed by atoms with Crippen molar-refractivity contribution in [3.05, 3.63) is 66.6 Å². The number of carbonyl (C=O) groups excluding carboxylic acids is 1. The molecule has 0 saturated carbocycles. The maximum Gasteiger partial charge on any atom is 0.269 e. The number of amides is 1. The predicted octanol–water partition coefficient (Wildman–Crippen LogP) is 2.22. The van der Waals surface area contributed by atoms with Crippen molar-refractivity contribution in [1.82, 2.24) is 34.6 Å². The number of ether oxygens (including phenoxy) is 1. The fourth-order valence-corrected chi connectivity index (χ4v) is 3.26. The van der Waals surface area contributed by atoms with E-state index in [1.54, 1.807) is 31.1 Å². The van der Waals surface area contributed by atoms with Gasteiger partial charge in [0.2, 0.25) is 0 Å². The number of benzene rings is 1. The fraction of sp³-hybridized carbons (Fsp3) is 0.227. The third-order valence-corrected chi connectivity index (χ3v) is 4.92. The summed E-state index contributed by atoms with van der Waals surface area (Å²) in [5.41, 5.74) is 2.06. The molecule has 0 aliphatic carbocycles. The average molecular weight is 432 g/mol. The standard InChI is InChI=1S/C22H24N8O2/c1-15-23-9-10-30(15)21-13-20(26-14-27-21)24-7-8-25-22(31)19-12-18(28-29(19)2)16-5-4-6-17(11-16)32-3/h4-6,9-14H,7-8H2,1-3H3,(H,25,31)(H,24,26,27). The van der Waals surface area contributed by atoms with Crippen LogP contribution in [-0.4, -0.2) is 55.4 Å². The van der Waals surface area contributed by atoms with Crippen molar-refractivity contribution in [2.45, 2.75) is 6.92 Å². The number of aryl methyl sites for hydroxylation is 2. The van der Waals surface area contributed by atoms with E-state index in [9.17, 15) is 4.79 Å². The van der Waals surface area contributed by atoms with Gasteiger partial charge in [-0.15, -0.1) is 0 Å². The minimum atomic E-state index is -0.201. The lowest BCUT2D eigenvalue weighted by atomic mass is 10.1. The number of methoxy groups -OCH3 is 1. The van der Waals surface area contributed by atoms with Crippen LogP contribution in [-0.2, 0) is 7.05 Å². The number of carbonyl (C=O) groups is 1. The van der Waals surface area contributed by atoms with Crippen LogP contribution in [0, 0.1) is 6.92 Å². The van der Waals surface area contributed by atoms with Crippen LogP contribution in [0.15, 0.2) is 55.1 Å². The number of aromatic nitrogens is 6. The van der Waals surface area contributed by atoms with Gasteiger partial charge in [-0.05, 0) is 25.1 Å². The van der Waals surface area contributed by atoms with Crippen molar-refractivity contribution in [1.29, 1.82) is 0 Å². The van der Waals surface area contributed by atoms with Gasteiger partial charge in [-0.3, -0.25) is 14.0 Å². The topological polar surface area (TPSA) is 112 Å². The predicted molar refractivity (Wildman–Crippen MR) is 120 cm³/mol. The Morgan fingerprint density at radius 1 is 1.12 bits per heavy atom. The zero-order valence-corrected chi connectivity index (χ0v) is 18.1. The second-order valence-electron chi connectivity index (χ2n) is 7.06. The van der Waals surface area contributed by atoms with Crippen molar-refractivity contribution >= 4 is 11.7 Å². The van der Waals surface area contributed by atoms with Crippen molar-refractivity contribution in [3.63, 3.8) is 0 Å². The molecule has 0 saturated heterocycles. The van der Waals surface area contributed by atoms with Crippen LogP contribution < -0.4 is 15.4 Å². The summed E-state index contributed by atoms with van der Waals surface area (Å²) >= 11 is 0. The molecule has 10 heteroatoms. The summed E-state index contributed by atoms with van der Waals surface area (Å²) in [4.78, 5) is 25.3. The Kier molecular flexibility index (Phi) is 6.11. The fourth-order valence-electron chi connectivity index (χ4n) is 3.26. The molecule has 0 aliphatic heterocycles. The lowest BCUT2D eigenvalue weighted by molar-refractivity contribution is 0.0946. The summed E-state index contributed by atoms with van der Waals surface area (Å²) in [6.07, 6.45) is 5.05. The molecule has 0 fully saturated rings. The van der Waals surface area contributed by atoms with Crippen LogP contribution in [0.3, 0.4) is 0 Å². The molecule has 3 heterocycles. The van der Waals surface area contributed by atoms with Crippen molar-refractivity contribution in [2.75, 3.05) is 25.5 Å². The first kappa shape index (κ1) is 21.0. The monoisotopic (exact) mass is 432 g/mol. The molecular weight excluding hydrogens is 408 g/mol. The van der Waals surface area contributed by atoms with Crippen LogP contribution in [0.2, 0.25) is 0 Å². The van der Waals surface area contributed by atoms with Gasteiger partial charge in [0.25, 0.3) is 5.91 Å². The Hall–Kier alpha value is -4.21. The minimum Gasteiger partial charge on any atom is -0.497 e. The van der Waals surface area contributed by atoms with Gasteiger partial charge in [0.15, 0.2) is 0 Å². The number of hydrogen-bond acceptors (Lipinski definition) is 7. The van der Waals surface area contributed by atoms with Crippen LogP contribution in [0.4, 0.5) is 5.82 Å². The Balaban J connectivity index is 1.34. The number of nitrogens with zero attached hydrogens (tertiary/aromatic N) is 6. The Bertz CT molecular complexity index is 1230. The highest BCUT2D eigenvalue weighted by Crippen LogP contribution is 2.23. The van der Waals surface area contributed by atoms with Crippen molar-refractivity contribution in [2.24, 2.45) is 7.05 Å². The average Bonchev–Trinajstić information content (AvgIpc) is 3.42. The molecule has 10 nitrogen and oxygen atoms in total. The Labute approximate surface area is 185 Å². The highest BCUT2D eigenvalue weighted by Gasteiger charge is 2.14. The highest BCUT2D eigenvalue weighted by molar-refractivity contribution is 5.93. The summed E-state index contributed by atoms with van der Waals surface area (Å²) in [5.74, 6) is 2.76. The van der Waals surface area contributed by atoms with E-state index in [1.807, 2.05) is 48.0 Å². The summed E-state index contributed by atoms with van der Waals surface area (Å²) in [5, 5.41) is 10.6. The quantitative estimate of drug-likeness (QED) is 0.411. The zero-order valence-electron chi connectivity index (χ0n) is 18.1. The van der Waals surface area contributed by atoms with Gasteiger partial charge in [-0.1, -0.05) is 12.1 Å². The third-order valence-electron chi connectivity index (χ3n) is 4.92. The van der Waals surface area contributed by atoms with Gasteiger partial charge in [-0.25, -0.2) is 15.0 Å². The number of hydrogen-bond donors (Lipinski definition) is 2. The highest BCUT2D eigenvalue weighted by atomic mass is 16.5. The summed E-state index contributed by atoms with van der Waals surface area (Å²) in [7, 11) is 3.36. The van der Waals surface area contributed by atoms with Crippen LogP contribution >= 0.6 is 0 Å². The van der Waals surface area contributed by atoms with E-state index in [4.69, 9.17) is 4.74 Å². The first-order valence-electron chi connectivity index (χ1n) is 10.1. The molecule has 1 aromatic carbocycles. The number of anilines is 1. The molecule has 4 rings (SSSR count). The maximum atomic E-state index is 12.6. The normalized spacial score (nSPS) is 10.7. The number of imidazole rings is 1. The van der Waals surface area contributed by atoms with Gasteiger partial charge in [-0.2, -0.15) is 5.10 Å². The van der Waals surface area contributed by atoms with E-state index in [1.165, 1.54) is 6.33 Å². The zero-order chi connectivity index (χ0) is 22.5. The SMILES string of the molecule is COc1cccc(-c2cc(C(=O)NCCNc3cc(-n4ccnc4C)ncn3)n(C)n2)c1. The molecule has 2 N–H and O–H groups in total. The third kappa shape index (κ3) is 4.59. The van der Waals surface area contributed by atoms with Crippen LogP contribution in [0.5, 0.6) is 5.75 Å². The lowest BCUT2D eigenvalue weighted by Gasteiger charge is -2.09. The molecular formula is C22H24N8O2. The lowest BCUT2D eigenvalue weighted by Crippen LogP contribution is -2.30. The summed E-state index contributed by atoms with van der Waals surface area (Å²) in [6, 6.07) is 11.2. The van der Waals surface area contributed by atoms with Crippen molar-refractivity contribution < 1.29 is 9.53 Å². The second-order valence-corrected chi connectivity index (χ2v) is 7.06. The molecule has 3 aromatic heterocycles. The molecule has 0 bridgehead atoms. The second kappa shape index (κ2) is 9.29. The van der Waals surface area contributed by atoms with E-state index in [0.29, 0.717) is 30.3 Å². The summed E-state index contributed by atoms with van der Waals surface area (Å²) < 4.78 is 8.71. The first-order valence-corrected chi connectivity index (χ1v) is 10.1. The molecule has 0 aliphatic rings. The molecule has 1 amide bonds. The van der Waals surface area contributed by atoms with E-state index in [-0.39, 0.29) is 5.91 Å². The smallest absolute Gasteiger partial charge is 0.269 e. The maximum absolute atomic E-state index is 12.6. The van der Waals surface area contributed by atoms with Crippen LogP contribution in [0.1, 0.15) is 16.3 Å². The Morgan fingerprint density at radius 3 is 2.78 bits per heavy atom. The van der Waals surface area contributed by atoms with Gasteiger partial charge in [0.1, 0.15) is 35.2 Å². The number of nitrogens with one attached hydrogen (secondary N) is 2. The van der Waals surface area contributed by atoms with E-state index in [0.717, 1.165) is 23.0 Å². The summed E-state index contributed by atoms with van der Waals surface area (Å²) in [6.45, 7) is 2.83. The first-order chi connectivity index (χ1) is 15.5. The molecule has 164 valence electrons. The van der Waals surface area contributed by atoms with Crippen LogP contribution in [0.25, 0.3) is 17.1 Å². The molecule has 0 radical (unpaired) electrons. The van der Waals surface area contributed by atoms with Gasteiger partial charge in [0.05, 0.1) is 12.8 Å². The Morgan fingerprint density at radius 2 is 2.00 bits per heavy atom. The molecule has 0 atom stereocenters. The molecule has 32 heavy (non-hydrogen) atoms. The number of rotatable bonds is 8. The van der Waals surface area contributed by atoms with E-state index < -0.39 is 0 Å². The van der Waals surface area contributed by atoms with E-state index in [2.05, 4.69) is 30.7 Å². The van der Waals surface area contributed by atoms with E-state index >= 15 is 0 Å². The van der Waals surface area contributed by atoms with Gasteiger partial charge >= 0.3 is 0 Å². The van der Waals surface area contributed by atoms with Gasteiger partial charge < -0.3 is 15.4 Å².